The number of pyridine rings is 1. The van der Waals surface area contributed by atoms with E-state index in [9.17, 15) is 0 Å². The molecule has 0 spiro atoms. The Kier molecular flexibility index (Phi) is 3.87. The number of rotatable bonds is 4. The van der Waals surface area contributed by atoms with Crippen LogP contribution in [0.1, 0.15) is 38.5 Å². The van der Waals surface area contributed by atoms with Gasteiger partial charge in [0, 0.05) is 36.1 Å². The lowest BCUT2D eigenvalue weighted by Gasteiger charge is -2.24. The maximum atomic E-state index is 8.71. The zero-order valence-electron chi connectivity index (χ0n) is 11.7. The summed E-state index contributed by atoms with van der Waals surface area (Å²) >= 11 is 0. The number of aromatic nitrogens is 2. The van der Waals surface area contributed by atoms with Crippen LogP contribution < -0.4 is 5.32 Å². The standard InChI is InChI=1S/C16H20N4/c17-9-4-11-20-12-8-14-15(7-10-18-16(14)20)19-13-5-2-1-3-6-13/h7-8,10,12-13H,1-6,11H2,(H,18,19). The first-order valence-electron chi connectivity index (χ1n) is 7.46. The molecule has 104 valence electrons. The van der Waals surface area contributed by atoms with Crippen LogP contribution in [0.4, 0.5) is 5.69 Å². The van der Waals surface area contributed by atoms with Gasteiger partial charge in [-0.3, -0.25) is 0 Å². The molecule has 1 fully saturated rings. The zero-order valence-corrected chi connectivity index (χ0v) is 11.7. The topological polar surface area (TPSA) is 53.6 Å². The van der Waals surface area contributed by atoms with Crippen LogP contribution in [-0.4, -0.2) is 15.6 Å². The molecule has 4 nitrogen and oxygen atoms in total. The number of hydrogen-bond acceptors (Lipinski definition) is 3. The van der Waals surface area contributed by atoms with E-state index in [4.69, 9.17) is 5.26 Å². The normalized spacial score (nSPS) is 16.1. The molecular formula is C16H20N4. The van der Waals surface area contributed by atoms with Crippen molar-refractivity contribution < 1.29 is 0 Å². The summed E-state index contributed by atoms with van der Waals surface area (Å²) in [6.07, 6.45) is 11.0. The van der Waals surface area contributed by atoms with Crippen LogP contribution >= 0.6 is 0 Å². The van der Waals surface area contributed by atoms with Crippen molar-refractivity contribution in [1.82, 2.24) is 9.55 Å². The zero-order chi connectivity index (χ0) is 13.8. The quantitative estimate of drug-likeness (QED) is 0.920. The van der Waals surface area contributed by atoms with Crippen LogP contribution in [0, 0.1) is 11.3 Å². The minimum atomic E-state index is 0.520. The second-order valence-electron chi connectivity index (χ2n) is 5.49. The van der Waals surface area contributed by atoms with Gasteiger partial charge in [0.1, 0.15) is 5.65 Å². The van der Waals surface area contributed by atoms with Crippen LogP contribution in [-0.2, 0) is 6.54 Å². The Balaban J connectivity index is 1.84. The lowest BCUT2D eigenvalue weighted by molar-refractivity contribution is 0.463. The molecule has 3 rings (SSSR count). The molecule has 20 heavy (non-hydrogen) atoms. The fraction of sp³-hybridized carbons (Fsp3) is 0.500. The molecule has 1 N–H and O–H groups in total. The molecule has 0 unspecified atom stereocenters. The molecule has 2 aromatic heterocycles. The van der Waals surface area contributed by atoms with Gasteiger partial charge in [0.2, 0.25) is 0 Å². The van der Waals surface area contributed by atoms with Gasteiger partial charge in [-0.15, -0.1) is 0 Å². The molecule has 2 heterocycles. The summed E-state index contributed by atoms with van der Waals surface area (Å²) in [5, 5.41) is 13.5. The molecule has 0 bridgehead atoms. The first-order valence-corrected chi connectivity index (χ1v) is 7.46. The second kappa shape index (κ2) is 5.96. The number of nitriles is 1. The summed E-state index contributed by atoms with van der Waals surface area (Å²) in [7, 11) is 0. The van der Waals surface area contributed by atoms with Gasteiger partial charge in [-0.05, 0) is 25.0 Å². The Morgan fingerprint density at radius 3 is 2.95 bits per heavy atom. The third-order valence-corrected chi connectivity index (χ3v) is 4.09. The highest BCUT2D eigenvalue weighted by Crippen LogP contribution is 2.27. The fourth-order valence-corrected chi connectivity index (χ4v) is 3.03. The average molecular weight is 268 g/mol. The minimum Gasteiger partial charge on any atom is -0.382 e. The van der Waals surface area contributed by atoms with E-state index in [1.54, 1.807) is 0 Å². The Labute approximate surface area is 119 Å². The largest absolute Gasteiger partial charge is 0.382 e. The maximum Gasteiger partial charge on any atom is 0.141 e. The van der Waals surface area contributed by atoms with Crippen molar-refractivity contribution in [2.24, 2.45) is 0 Å². The van der Waals surface area contributed by atoms with Crippen LogP contribution in [0.2, 0.25) is 0 Å². The predicted octanol–water partition coefficient (Wildman–Crippen LogP) is 3.69. The van der Waals surface area contributed by atoms with Crippen molar-refractivity contribution in [3.05, 3.63) is 24.5 Å². The Hall–Kier alpha value is -2.02. The highest BCUT2D eigenvalue weighted by Gasteiger charge is 2.15. The molecule has 1 aliphatic carbocycles. The van der Waals surface area contributed by atoms with Crippen LogP contribution in [0.25, 0.3) is 11.0 Å². The average Bonchev–Trinajstić information content (AvgIpc) is 2.90. The van der Waals surface area contributed by atoms with E-state index in [1.807, 2.05) is 12.4 Å². The minimum absolute atomic E-state index is 0.520. The number of fused-ring (bicyclic) bond motifs is 1. The number of nitrogens with zero attached hydrogens (tertiary/aromatic N) is 3. The van der Waals surface area contributed by atoms with Crippen molar-refractivity contribution in [1.29, 1.82) is 5.26 Å². The molecular weight excluding hydrogens is 248 g/mol. The molecule has 0 radical (unpaired) electrons. The third kappa shape index (κ3) is 2.62. The smallest absolute Gasteiger partial charge is 0.141 e. The van der Waals surface area contributed by atoms with Gasteiger partial charge < -0.3 is 9.88 Å². The molecule has 0 amide bonds. The van der Waals surface area contributed by atoms with E-state index in [-0.39, 0.29) is 0 Å². The third-order valence-electron chi connectivity index (χ3n) is 4.09. The lowest BCUT2D eigenvalue weighted by atomic mass is 9.95. The van der Waals surface area contributed by atoms with Gasteiger partial charge in [0.25, 0.3) is 0 Å². The van der Waals surface area contributed by atoms with Crippen molar-refractivity contribution in [2.45, 2.75) is 51.1 Å². The molecule has 0 aromatic carbocycles. The van der Waals surface area contributed by atoms with Gasteiger partial charge in [-0.2, -0.15) is 5.26 Å². The van der Waals surface area contributed by atoms with Crippen molar-refractivity contribution in [2.75, 3.05) is 5.32 Å². The SMILES string of the molecule is N#CCCn1ccc2c(NC3CCCCC3)ccnc21. The fourth-order valence-electron chi connectivity index (χ4n) is 3.03. The first kappa shape index (κ1) is 13.0. The van der Waals surface area contributed by atoms with Crippen LogP contribution in [0.3, 0.4) is 0 Å². The van der Waals surface area contributed by atoms with Crippen molar-refractivity contribution in [3.63, 3.8) is 0 Å². The summed E-state index contributed by atoms with van der Waals surface area (Å²) < 4.78 is 2.06. The summed E-state index contributed by atoms with van der Waals surface area (Å²) in [6.45, 7) is 0.708. The van der Waals surface area contributed by atoms with E-state index in [0.29, 0.717) is 19.0 Å². The van der Waals surface area contributed by atoms with Gasteiger partial charge in [0.05, 0.1) is 12.5 Å². The number of aryl methyl sites for hydroxylation is 1. The summed E-state index contributed by atoms with van der Waals surface area (Å²) in [5.41, 5.74) is 2.15. The summed E-state index contributed by atoms with van der Waals surface area (Å²) in [6, 6.07) is 6.94. The highest BCUT2D eigenvalue weighted by atomic mass is 15.0. The van der Waals surface area contributed by atoms with Gasteiger partial charge >= 0.3 is 0 Å². The Morgan fingerprint density at radius 2 is 2.15 bits per heavy atom. The van der Waals surface area contributed by atoms with E-state index in [1.165, 1.54) is 37.8 Å². The number of hydrogen-bond donors (Lipinski definition) is 1. The molecule has 0 atom stereocenters. The Bertz CT molecular complexity index is 617. The van der Waals surface area contributed by atoms with Gasteiger partial charge in [-0.1, -0.05) is 19.3 Å². The highest BCUT2D eigenvalue weighted by molar-refractivity contribution is 5.89. The van der Waals surface area contributed by atoms with E-state index in [2.05, 4.69) is 33.1 Å². The molecule has 4 heteroatoms. The van der Waals surface area contributed by atoms with E-state index < -0.39 is 0 Å². The molecule has 1 saturated carbocycles. The lowest BCUT2D eigenvalue weighted by Crippen LogP contribution is -2.22. The monoisotopic (exact) mass is 268 g/mol. The van der Waals surface area contributed by atoms with E-state index in [0.717, 1.165) is 11.0 Å². The summed E-state index contributed by atoms with van der Waals surface area (Å²) in [4.78, 5) is 4.46. The predicted molar refractivity (Wildman–Crippen MR) is 80.5 cm³/mol. The van der Waals surface area contributed by atoms with Crippen molar-refractivity contribution >= 4 is 16.7 Å². The first-order chi connectivity index (χ1) is 9.88. The molecule has 0 aliphatic heterocycles. The van der Waals surface area contributed by atoms with Gasteiger partial charge in [-0.25, -0.2) is 4.98 Å². The van der Waals surface area contributed by atoms with Crippen LogP contribution in [0.5, 0.6) is 0 Å². The van der Waals surface area contributed by atoms with E-state index >= 15 is 0 Å². The Morgan fingerprint density at radius 1 is 1.30 bits per heavy atom. The van der Waals surface area contributed by atoms with Gasteiger partial charge in [0.15, 0.2) is 0 Å². The van der Waals surface area contributed by atoms with Crippen LogP contribution in [0.15, 0.2) is 24.5 Å². The number of nitrogens with one attached hydrogen (secondary N) is 1. The molecule has 1 aliphatic rings. The molecule has 2 aromatic rings. The number of anilines is 1. The maximum absolute atomic E-state index is 8.71. The molecule has 0 saturated heterocycles. The summed E-state index contributed by atoms with van der Waals surface area (Å²) in [5.74, 6) is 0. The second-order valence-corrected chi connectivity index (χ2v) is 5.49. The van der Waals surface area contributed by atoms with Crippen molar-refractivity contribution in [3.8, 4) is 6.07 Å².